The van der Waals surface area contributed by atoms with Crippen LogP contribution in [0.15, 0.2) is 23.9 Å². The van der Waals surface area contributed by atoms with E-state index in [1.807, 2.05) is 0 Å². The lowest BCUT2D eigenvalue weighted by Gasteiger charge is -2.28. The lowest BCUT2D eigenvalue weighted by molar-refractivity contribution is -0.833. The third-order valence-electron chi connectivity index (χ3n) is 3.91. The van der Waals surface area contributed by atoms with E-state index in [-0.39, 0.29) is 0 Å². The maximum absolute atomic E-state index is 2.52. The van der Waals surface area contributed by atoms with Crippen molar-refractivity contribution < 1.29 is 4.48 Å². The normalized spacial score (nSPS) is 15.5. The summed E-state index contributed by atoms with van der Waals surface area (Å²) in [6.45, 7) is 9.11. The molecule has 0 aliphatic rings. The molecule has 0 aliphatic carbocycles. The highest BCUT2D eigenvalue weighted by Crippen LogP contribution is 2.24. The molecule has 0 amide bonds. The van der Waals surface area contributed by atoms with Gasteiger partial charge in [-0.05, 0) is 50.5 Å². The molecule has 0 radical (unpaired) electrons. The van der Waals surface area contributed by atoms with Crippen LogP contribution in [-0.4, -0.2) is 25.6 Å². The molecule has 0 spiro atoms. The molecular formula is C18H36N+. The number of hydrogen-bond donors (Lipinski definition) is 0. The Morgan fingerprint density at radius 1 is 1.16 bits per heavy atom. The van der Waals surface area contributed by atoms with Crippen LogP contribution in [0, 0.1) is 11.8 Å². The van der Waals surface area contributed by atoms with Crippen molar-refractivity contribution >= 4 is 0 Å². The van der Waals surface area contributed by atoms with Crippen molar-refractivity contribution in [2.75, 3.05) is 21.1 Å². The van der Waals surface area contributed by atoms with Crippen molar-refractivity contribution in [3.63, 3.8) is 0 Å². The van der Waals surface area contributed by atoms with E-state index >= 15 is 0 Å². The molecule has 0 aromatic carbocycles. The Hall–Kier alpha value is -0.560. The fraction of sp³-hybridized carbons (Fsp3) is 0.778. The Kier molecular flexibility index (Phi) is 9.08. The van der Waals surface area contributed by atoms with E-state index in [1.165, 1.54) is 32.1 Å². The van der Waals surface area contributed by atoms with E-state index in [1.54, 1.807) is 5.70 Å². The highest BCUT2D eigenvalue weighted by molar-refractivity contribution is 4.94. The van der Waals surface area contributed by atoms with Gasteiger partial charge in [0.1, 0.15) is 5.70 Å². The summed E-state index contributed by atoms with van der Waals surface area (Å²) in [7, 11) is 6.85. The topological polar surface area (TPSA) is 0 Å². The second-order valence-electron chi connectivity index (χ2n) is 6.84. The van der Waals surface area contributed by atoms with Crippen molar-refractivity contribution in [3.8, 4) is 0 Å². The predicted octanol–water partition coefficient (Wildman–Crippen LogP) is 5.40. The lowest BCUT2D eigenvalue weighted by atomic mass is 9.87. The summed E-state index contributed by atoms with van der Waals surface area (Å²) in [6, 6.07) is 0. The number of rotatable bonds is 9. The first-order valence-electron chi connectivity index (χ1n) is 7.95. The molecule has 0 bridgehead atoms. The summed E-state index contributed by atoms with van der Waals surface area (Å²) in [6.07, 6.45) is 13.2. The van der Waals surface area contributed by atoms with Gasteiger partial charge in [0.15, 0.2) is 0 Å². The van der Waals surface area contributed by atoms with Crippen LogP contribution in [0.25, 0.3) is 0 Å². The Bertz CT molecular complexity index is 279. The third kappa shape index (κ3) is 8.26. The van der Waals surface area contributed by atoms with Gasteiger partial charge in [0.05, 0.1) is 21.1 Å². The summed E-state index contributed by atoms with van der Waals surface area (Å²) in [5, 5.41) is 0. The van der Waals surface area contributed by atoms with Gasteiger partial charge in [-0.2, -0.15) is 0 Å². The maximum atomic E-state index is 2.52. The average Bonchev–Trinajstić information content (AvgIpc) is 2.30. The molecule has 0 aromatic heterocycles. The van der Waals surface area contributed by atoms with Crippen LogP contribution in [-0.2, 0) is 0 Å². The minimum Gasteiger partial charge on any atom is -0.302 e. The number of allylic oxidation sites excluding steroid dienone is 4. The second-order valence-corrected chi connectivity index (χ2v) is 6.84. The van der Waals surface area contributed by atoms with Gasteiger partial charge in [0, 0.05) is 6.42 Å². The largest absolute Gasteiger partial charge is 0.302 e. The summed E-state index contributed by atoms with van der Waals surface area (Å²) in [5.41, 5.74) is 1.58. The van der Waals surface area contributed by atoms with E-state index in [9.17, 15) is 0 Å². The van der Waals surface area contributed by atoms with Crippen molar-refractivity contribution in [2.45, 2.75) is 59.8 Å². The van der Waals surface area contributed by atoms with Gasteiger partial charge in [-0.15, -0.1) is 0 Å². The first kappa shape index (κ1) is 18.4. The molecule has 0 saturated heterocycles. The van der Waals surface area contributed by atoms with E-state index in [4.69, 9.17) is 0 Å². The molecule has 1 atom stereocenters. The summed E-state index contributed by atoms with van der Waals surface area (Å²) in [5.74, 6) is 1.59. The summed E-state index contributed by atoms with van der Waals surface area (Å²) >= 11 is 0. The van der Waals surface area contributed by atoms with Crippen LogP contribution in [0.4, 0.5) is 0 Å². The van der Waals surface area contributed by atoms with E-state index in [2.05, 4.69) is 67.1 Å². The molecule has 0 N–H and O–H groups in total. The van der Waals surface area contributed by atoms with Gasteiger partial charge in [-0.1, -0.05) is 32.9 Å². The summed E-state index contributed by atoms with van der Waals surface area (Å²) < 4.78 is 0.980. The molecule has 0 aliphatic heterocycles. The molecule has 0 fully saturated rings. The fourth-order valence-electron chi connectivity index (χ4n) is 2.46. The Labute approximate surface area is 122 Å². The zero-order chi connectivity index (χ0) is 14.9. The Morgan fingerprint density at radius 3 is 2.21 bits per heavy atom. The monoisotopic (exact) mass is 266 g/mol. The van der Waals surface area contributed by atoms with Crippen molar-refractivity contribution in [2.24, 2.45) is 11.8 Å². The van der Waals surface area contributed by atoms with Crippen molar-refractivity contribution in [1.82, 2.24) is 0 Å². The van der Waals surface area contributed by atoms with Crippen molar-refractivity contribution in [1.29, 1.82) is 0 Å². The smallest absolute Gasteiger partial charge is 0.104 e. The van der Waals surface area contributed by atoms with Crippen LogP contribution in [0.3, 0.4) is 0 Å². The molecule has 0 aromatic rings. The lowest BCUT2D eigenvalue weighted by Crippen LogP contribution is -2.33. The van der Waals surface area contributed by atoms with Crippen LogP contribution >= 0.6 is 0 Å². The SMILES string of the molecule is CC=CCCC(CC=C(CCC)[N+](C)(C)C)C(C)C. The maximum Gasteiger partial charge on any atom is 0.104 e. The van der Waals surface area contributed by atoms with Crippen molar-refractivity contribution in [3.05, 3.63) is 23.9 Å². The fourth-order valence-corrected chi connectivity index (χ4v) is 2.46. The highest BCUT2D eigenvalue weighted by atomic mass is 15.3. The first-order chi connectivity index (χ1) is 8.82. The molecule has 0 saturated carbocycles. The number of hydrogen-bond acceptors (Lipinski definition) is 0. The summed E-state index contributed by atoms with van der Waals surface area (Å²) in [4.78, 5) is 0. The minimum absolute atomic E-state index is 0.775. The predicted molar refractivity (Wildman–Crippen MR) is 88.0 cm³/mol. The zero-order valence-corrected chi connectivity index (χ0v) is 14.4. The molecule has 1 heteroatoms. The van der Waals surface area contributed by atoms with E-state index in [0.29, 0.717) is 0 Å². The molecule has 112 valence electrons. The average molecular weight is 266 g/mol. The molecule has 0 rings (SSSR count). The van der Waals surface area contributed by atoms with Gasteiger partial charge in [-0.3, -0.25) is 0 Å². The van der Waals surface area contributed by atoms with Gasteiger partial charge in [0.25, 0.3) is 0 Å². The quantitative estimate of drug-likeness (QED) is 0.387. The van der Waals surface area contributed by atoms with E-state index < -0.39 is 0 Å². The van der Waals surface area contributed by atoms with Gasteiger partial charge in [0.2, 0.25) is 0 Å². The Morgan fingerprint density at radius 2 is 1.79 bits per heavy atom. The van der Waals surface area contributed by atoms with Crippen LogP contribution in [0.2, 0.25) is 0 Å². The molecule has 1 unspecified atom stereocenters. The molecule has 19 heavy (non-hydrogen) atoms. The Balaban J connectivity index is 4.63. The molecule has 0 heterocycles. The minimum atomic E-state index is 0.775. The van der Waals surface area contributed by atoms with Crippen LogP contribution in [0.5, 0.6) is 0 Å². The second kappa shape index (κ2) is 9.36. The van der Waals surface area contributed by atoms with Gasteiger partial charge >= 0.3 is 0 Å². The highest BCUT2D eigenvalue weighted by Gasteiger charge is 2.17. The zero-order valence-electron chi connectivity index (χ0n) is 14.4. The van der Waals surface area contributed by atoms with Gasteiger partial charge in [-0.25, -0.2) is 0 Å². The van der Waals surface area contributed by atoms with Gasteiger partial charge < -0.3 is 4.48 Å². The molecular weight excluding hydrogens is 230 g/mol. The number of nitrogens with zero attached hydrogens (tertiary/aromatic N) is 1. The van der Waals surface area contributed by atoms with Crippen LogP contribution < -0.4 is 0 Å². The number of quaternary nitrogens is 1. The molecule has 1 nitrogen and oxygen atoms in total. The van der Waals surface area contributed by atoms with Crippen LogP contribution in [0.1, 0.15) is 59.8 Å². The van der Waals surface area contributed by atoms with E-state index in [0.717, 1.165) is 16.3 Å². The third-order valence-corrected chi connectivity index (χ3v) is 3.91. The first-order valence-corrected chi connectivity index (χ1v) is 7.95. The standard InChI is InChI=1S/C18H36N/c1-8-10-11-13-17(16(3)4)14-15-18(12-9-2)19(5,6)7/h8,10,15-17H,9,11-14H2,1-7H3/q+1.